The second-order valence-electron chi connectivity index (χ2n) is 4.28. The fourth-order valence-corrected chi connectivity index (χ4v) is 2.19. The van der Waals surface area contributed by atoms with Crippen LogP contribution in [0.2, 0.25) is 0 Å². The lowest BCUT2D eigenvalue weighted by molar-refractivity contribution is -0.386. The Hall–Kier alpha value is -2.41. The zero-order valence-electron chi connectivity index (χ0n) is 11.2. The lowest BCUT2D eigenvalue weighted by Crippen LogP contribution is -2.15. The van der Waals surface area contributed by atoms with Gasteiger partial charge in [-0.05, 0) is 18.4 Å². The highest BCUT2D eigenvalue weighted by Crippen LogP contribution is 2.15. The summed E-state index contributed by atoms with van der Waals surface area (Å²) in [5.74, 6) is -0.180. The van der Waals surface area contributed by atoms with Gasteiger partial charge in [0, 0.05) is 22.7 Å². The van der Waals surface area contributed by atoms with Crippen LogP contribution in [0, 0.1) is 10.1 Å². The van der Waals surface area contributed by atoms with Crippen molar-refractivity contribution in [2.24, 2.45) is 0 Å². The van der Waals surface area contributed by atoms with Crippen LogP contribution in [-0.2, 0) is 6.54 Å². The van der Waals surface area contributed by atoms with Crippen molar-refractivity contribution in [2.45, 2.75) is 11.4 Å². The molecular weight excluding hydrogens is 292 g/mol. The van der Waals surface area contributed by atoms with Crippen LogP contribution >= 0.6 is 11.8 Å². The van der Waals surface area contributed by atoms with Crippen LogP contribution in [-0.4, -0.2) is 21.5 Å². The summed E-state index contributed by atoms with van der Waals surface area (Å²) < 4.78 is 1.34. The van der Waals surface area contributed by atoms with Crippen LogP contribution in [0.3, 0.4) is 0 Å². The summed E-state index contributed by atoms with van der Waals surface area (Å²) in [6, 6.07) is 8.19. The van der Waals surface area contributed by atoms with Crippen LogP contribution < -0.4 is 5.43 Å². The van der Waals surface area contributed by atoms with Crippen molar-refractivity contribution in [3.63, 3.8) is 0 Å². The van der Waals surface area contributed by atoms with E-state index in [1.165, 1.54) is 10.8 Å². The van der Waals surface area contributed by atoms with Gasteiger partial charge in [0.05, 0.1) is 17.7 Å². The SMILES string of the molecule is CSc1ccc(C(=O)Cn2ccc(=O)c([N+](=O)[O-])c2)cc1. The molecule has 0 saturated heterocycles. The molecule has 0 aliphatic rings. The molecule has 0 unspecified atom stereocenters. The molecule has 0 amide bonds. The molecule has 0 aliphatic carbocycles. The van der Waals surface area contributed by atoms with E-state index in [1.54, 1.807) is 23.9 Å². The lowest BCUT2D eigenvalue weighted by atomic mass is 10.1. The minimum Gasteiger partial charge on any atom is -0.340 e. The maximum atomic E-state index is 12.1. The van der Waals surface area contributed by atoms with Crippen molar-refractivity contribution in [3.05, 3.63) is 68.6 Å². The number of benzene rings is 1. The molecule has 0 atom stereocenters. The molecule has 21 heavy (non-hydrogen) atoms. The number of thioether (sulfide) groups is 1. The minimum atomic E-state index is -0.753. The van der Waals surface area contributed by atoms with Crippen LogP contribution in [0.25, 0.3) is 0 Å². The normalized spacial score (nSPS) is 10.3. The number of aromatic nitrogens is 1. The quantitative estimate of drug-likeness (QED) is 0.366. The number of carbonyl (C=O) groups excluding carboxylic acids is 1. The molecule has 2 rings (SSSR count). The molecule has 0 radical (unpaired) electrons. The Morgan fingerprint density at radius 1 is 1.29 bits per heavy atom. The largest absolute Gasteiger partial charge is 0.340 e. The van der Waals surface area contributed by atoms with Gasteiger partial charge >= 0.3 is 5.69 Å². The van der Waals surface area contributed by atoms with Gasteiger partial charge in [0.15, 0.2) is 5.78 Å². The molecule has 0 saturated carbocycles. The first-order valence-corrected chi connectivity index (χ1v) is 7.25. The summed E-state index contributed by atoms with van der Waals surface area (Å²) in [6.07, 6.45) is 4.39. The molecule has 0 N–H and O–H groups in total. The predicted molar refractivity (Wildman–Crippen MR) is 79.9 cm³/mol. The number of nitrogens with zero attached hydrogens (tertiary/aromatic N) is 2. The van der Waals surface area contributed by atoms with Crippen molar-refractivity contribution in [1.29, 1.82) is 0 Å². The standard InChI is InChI=1S/C14H12N2O4S/c1-21-11-4-2-10(3-5-11)14(18)9-15-7-6-13(17)12(8-15)16(19)20/h2-8H,9H2,1H3. The smallest absolute Gasteiger partial charge is 0.332 e. The molecule has 1 aromatic heterocycles. The molecule has 7 heteroatoms. The van der Waals surface area contributed by atoms with E-state index in [2.05, 4.69) is 0 Å². The topological polar surface area (TPSA) is 82.2 Å². The minimum absolute atomic E-state index is 0.0558. The van der Waals surface area contributed by atoms with Crippen LogP contribution in [0.1, 0.15) is 10.4 Å². The molecule has 0 bridgehead atoms. The molecule has 1 heterocycles. The van der Waals surface area contributed by atoms with Crippen molar-refractivity contribution < 1.29 is 9.72 Å². The molecule has 6 nitrogen and oxygen atoms in total. The summed E-state index contributed by atoms with van der Waals surface area (Å²) in [6.45, 7) is -0.0558. The van der Waals surface area contributed by atoms with Crippen LogP contribution in [0.5, 0.6) is 0 Å². The number of pyridine rings is 1. The van der Waals surface area contributed by atoms with Gasteiger partial charge in [0.1, 0.15) is 0 Å². The Morgan fingerprint density at radius 3 is 2.52 bits per heavy atom. The molecule has 0 aliphatic heterocycles. The molecule has 0 fully saturated rings. The van der Waals surface area contributed by atoms with Gasteiger partial charge in [-0.3, -0.25) is 19.7 Å². The van der Waals surface area contributed by atoms with E-state index in [0.29, 0.717) is 5.56 Å². The van der Waals surface area contributed by atoms with Crippen molar-refractivity contribution >= 4 is 23.2 Å². The highest BCUT2D eigenvalue weighted by atomic mass is 32.2. The number of Topliss-reactive ketones (excluding diaryl/α,β-unsaturated/α-hetero) is 1. The summed E-state index contributed by atoms with van der Waals surface area (Å²) in [5.41, 5.74) is -0.690. The van der Waals surface area contributed by atoms with Gasteiger partial charge in [-0.1, -0.05) is 12.1 Å². The average molecular weight is 304 g/mol. The fourth-order valence-electron chi connectivity index (χ4n) is 1.78. The summed E-state index contributed by atoms with van der Waals surface area (Å²) in [4.78, 5) is 34.4. The first-order chi connectivity index (χ1) is 10.0. The Balaban J connectivity index is 2.21. The van der Waals surface area contributed by atoms with E-state index < -0.39 is 16.0 Å². The maximum Gasteiger partial charge on any atom is 0.332 e. The first kappa shape index (κ1) is 15.0. The Labute approximate surface area is 124 Å². The van der Waals surface area contributed by atoms with Gasteiger partial charge in [0.25, 0.3) is 5.43 Å². The van der Waals surface area contributed by atoms with Crippen LogP contribution in [0.4, 0.5) is 5.69 Å². The van der Waals surface area contributed by atoms with Gasteiger partial charge in [-0.25, -0.2) is 0 Å². The van der Waals surface area contributed by atoms with Gasteiger partial charge < -0.3 is 4.57 Å². The Bertz CT molecular complexity index is 737. The number of nitro groups is 1. The Morgan fingerprint density at radius 2 is 1.95 bits per heavy atom. The number of rotatable bonds is 5. The zero-order chi connectivity index (χ0) is 15.4. The van der Waals surface area contributed by atoms with Crippen molar-refractivity contribution in [2.75, 3.05) is 6.26 Å². The third kappa shape index (κ3) is 3.57. The number of hydrogen-bond donors (Lipinski definition) is 0. The monoisotopic (exact) mass is 304 g/mol. The van der Waals surface area contributed by atoms with Crippen molar-refractivity contribution in [3.8, 4) is 0 Å². The Kier molecular flexibility index (Phi) is 4.54. The third-order valence-corrected chi connectivity index (χ3v) is 3.64. The fraction of sp³-hybridized carbons (Fsp3) is 0.143. The van der Waals surface area contributed by atoms with Crippen LogP contribution in [0.15, 0.2) is 52.4 Å². The van der Waals surface area contributed by atoms with E-state index in [9.17, 15) is 19.7 Å². The zero-order valence-corrected chi connectivity index (χ0v) is 12.0. The third-order valence-electron chi connectivity index (χ3n) is 2.89. The summed E-state index contributed by atoms with van der Waals surface area (Å²) in [7, 11) is 0. The van der Waals surface area contributed by atoms with Gasteiger partial charge in [0.2, 0.25) is 0 Å². The second-order valence-corrected chi connectivity index (χ2v) is 5.16. The number of hydrogen-bond acceptors (Lipinski definition) is 5. The first-order valence-electron chi connectivity index (χ1n) is 6.03. The molecule has 0 spiro atoms. The van der Waals surface area contributed by atoms with E-state index in [4.69, 9.17) is 0 Å². The molecule has 1 aromatic carbocycles. The highest BCUT2D eigenvalue weighted by molar-refractivity contribution is 7.98. The summed E-state index contributed by atoms with van der Waals surface area (Å²) in [5, 5.41) is 10.7. The van der Waals surface area contributed by atoms with Gasteiger partial charge in [-0.15, -0.1) is 11.8 Å². The lowest BCUT2D eigenvalue weighted by Gasteiger charge is -2.06. The second kappa shape index (κ2) is 6.36. The highest BCUT2D eigenvalue weighted by Gasteiger charge is 2.13. The predicted octanol–water partition coefficient (Wildman–Crippen LogP) is 2.36. The van der Waals surface area contributed by atoms with E-state index >= 15 is 0 Å². The molecule has 2 aromatic rings. The van der Waals surface area contributed by atoms with E-state index in [1.807, 2.05) is 18.4 Å². The average Bonchev–Trinajstić information content (AvgIpc) is 2.49. The molecule has 108 valence electrons. The number of ketones is 1. The number of carbonyl (C=O) groups is 1. The van der Waals surface area contributed by atoms with E-state index in [-0.39, 0.29) is 12.3 Å². The van der Waals surface area contributed by atoms with Gasteiger partial charge in [-0.2, -0.15) is 0 Å². The molecular formula is C14H12N2O4S. The van der Waals surface area contributed by atoms with E-state index in [0.717, 1.165) is 17.2 Å². The maximum absolute atomic E-state index is 12.1. The van der Waals surface area contributed by atoms with Crippen molar-refractivity contribution in [1.82, 2.24) is 4.57 Å². The summed E-state index contributed by atoms with van der Waals surface area (Å²) >= 11 is 1.57.